The molecule has 0 bridgehead atoms. The Kier molecular flexibility index (Phi) is 6.36. The Hall–Kier alpha value is -2.83. The standard InChI is InChI=1S/C17H21N3O4/c1-4-22-16-14(10-18-17(20-16)23-5-2)19-15(21)11-24-13-8-6-7-12(3)9-13/h6-10H,4-5,11H2,1-3H3,(H,19,21). The summed E-state index contributed by atoms with van der Waals surface area (Å²) in [6.45, 7) is 6.35. The van der Waals surface area contributed by atoms with Crippen molar-refractivity contribution in [3.8, 4) is 17.6 Å². The lowest BCUT2D eigenvalue weighted by Crippen LogP contribution is -2.21. The third-order valence-electron chi connectivity index (χ3n) is 2.92. The fourth-order valence-electron chi connectivity index (χ4n) is 1.92. The van der Waals surface area contributed by atoms with Crippen LogP contribution in [-0.4, -0.2) is 35.7 Å². The first-order chi connectivity index (χ1) is 11.6. The van der Waals surface area contributed by atoms with Gasteiger partial charge in [-0.05, 0) is 38.5 Å². The smallest absolute Gasteiger partial charge is 0.319 e. The largest absolute Gasteiger partial charge is 0.484 e. The highest BCUT2D eigenvalue weighted by atomic mass is 16.5. The first kappa shape index (κ1) is 17.5. The molecule has 128 valence electrons. The van der Waals surface area contributed by atoms with E-state index in [0.717, 1.165) is 5.56 Å². The predicted molar refractivity (Wildman–Crippen MR) is 89.7 cm³/mol. The van der Waals surface area contributed by atoms with Crippen molar-refractivity contribution < 1.29 is 19.0 Å². The molecule has 0 aliphatic carbocycles. The van der Waals surface area contributed by atoms with E-state index in [2.05, 4.69) is 15.3 Å². The van der Waals surface area contributed by atoms with Crippen LogP contribution in [0.1, 0.15) is 19.4 Å². The molecule has 0 fully saturated rings. The molecule has 0 radical (unpaired) electrons. The van der Waals surface area contributed by atoms with Crippen molar-refractivity contribution in [2.75, 3.05) is 25.1 Å². The van der Waals surface area contributed by atoms with Crippen molar-refractivity contribution in [1.82, 2.24) is 9.97 Å². The highest BCUT2D eigenvalue weighted by molar-refractivity contribution is 5.92. The van der Waals surface area contributed by atoms with Gasteiger partial charge < -0.3 is 19.5 Å². The molecule has 1 heterocycles. The van der Waals surface area contributed by atoms with Crippen LogP contribution in [-0.2, 0) is 4.79 Å². The van der Waals surface area contributed by atoms with Gasteiger partial charge in [-0.2, -0.15) is 4.98 Å². The summed E-state index contributed by atoms with van der Waals surface area (Å²) in [7, 11) is 0. The molecule has 2 aromatic rings. The second kappa shape index (κ2) is 8.71. The number of hydrogen-bond acceptors (Lipinski definition) is 6. The van der Waals surface area contributed by atoms with Crippen molar-refractivity contribution in [1.29, 1.82) is 0 Å². The minimum Gasteiger partial charge on any atom is -0.484 e. The molecule has 0 saturated carbocycles. The van der Waals surface area contributed by atoms with Gasteiger partial charge in [-0.1, -0.05) is 12.1 Å². The summed E-state index contributed by atoms with van der Waals surface area (Å²) in [5.41, 5.74) is 1.43. The van der Waals surface area contributed by atoms with Crippen molar-refractivity contribution in [3.05, 3.63) is 36.0 Å². The van der Waals surface area contributed by atoms with Crippen molar-refractivity contribution in [2.45, 2.75) is 20.8 Å². The van der Waals surface area contributed by atoms with E-state index in [-0.39, 0.29) is 24.4 Å². The van der Waals surface area contributed by atoms with E-state index in [0.29, 0.717) is 24.7 Å². The summed E-state index contributed by atoms with van der Waals surface area (Å²) in [6.07, 6.45) is 1.45. The van der Waals surface area contributed by atoms with Gasteiger partial charge in [0.25, 0.3) is 5.91 Å². The van der Waals surface area contributed by atoms with Gasteiger partial charge in [0.15, 0.2) is 6.61 Å². The quantitative estimate of drug-likeness (QED) is 0.800. The number of amides is 1. The highest BCUT2D eigenvalue weighted by Crippen LogP contribution is 2.23. The number of rotatable bonds is 8. The number of aromatic nitrogens is 2. The Morgan fingerprint density at radius 3 is 2.67 bits per heavy atom. The Bertz CT molecular complexity index is 691. The molecule has 7 nitrogen and oxygen atoms in total. The summed E-state index contributed by atoms with van der Waals surface area (Å²) < 4.78 is 16.1. The molecule has 0 saturated heterocycles. The third-order valence-corrected chi connectivity index (χ3v) is 2.92. The first-order valence-corrected chi connectivity index (χ1v) is 7.74. The monoisotopic (exact) mass is 331 g/mol. The molecule has 24 heavy (non-hydrogen) atoms. The van der Waals surface area contributed by atoms with Gasteiger partial charge in [0, 0.05) is 0 Å². The molecule has 1 aromatic heterocycles. The Labute approximate surface area is 141 Å². The maximum atomic E-state index is 12.1. The fraction of sp³-hybridized carbons (Fsp3) is 0.353. The van der Waals surface area contributed by atoms with Crippen LogP contribution in [0.4, 0.5) is 5.69 Å². The van der Waals surface area contributed by atoms with Crippen LogP contribution in [0.5, 0.6) is 17.6 Å². The molecule has 1 aromatic carbocycles. The first-order valence-electron chi connectivity index (χ1n) is 7.74. The zero-order valence-electron chi connectivity index (χ0n) is 14.0. The number of nitrogens with one attached hydrogen (secondary N) is 1. The average molecular weight is 331 g/mol. The van der Waals surface area contributed by atoms with Crippen LogP contribution in [0.25, 0.3) is 0 Å². The number of carbonyl (C=O) groups is 1. The molecular formula is C17H21N3O4. The lowest BCUT2D eigenvalue weighted by Gasteiger charge is -2.12. The Morgan fingerprint density at radius 1 is 1.17 bits per heavy atom. The van der Waals surface area contributed by atoms with Crippen LogP contribution in [0.15, 0.2) is 30.5 Å². The zero-order chi connectivity index (χ0) is 17.4. The minimum atomic E-state index is -0.329. The second-order valence-electron chi connectivity index (χ2n) is 4.89. The van der Waals surface area contributed by atoms with E-state index in [1.807, 2.05) is 39.0 Å². The Morgan fingerprint density at radius 2 is 1.96 bits per heavy atom. The number of ether oxygens (including phenoxy) is 3. The molecule has 1 amide bonds. The van der Waals surface area contributed by atoms with E-state index >= 15 is 0 Å². The van der Waals surface area contributed by atoms with E-state index in [4.69, 9.17) is 14.2 Å². The van der Waals surface area contributed by atoms with Gasteiger partial charge in [-0.15, -0.1) is 0 Å². The van der Waals surface area contributed by atoms with E-state index < -0.39 is 0 Å². The summed E-state index contributed by atoms with van der Waals surface area (Å²) in [4.78, 5) is 20.2. The number of anilines is 1. The SMILES string of the molecule is CCOc1ncc(NC(=O)COc2cccc(C)c2)c(OCC)n1. The average Bonchev–Trinajstić information content (AvgIpc) is 2.56. The molecular weight excluding hydrogens is 310 g/mol. The molecule has 2 rings (SSSR count). The summed E-state index contributed by atoms with van der Waals surface area (Å²) in [5, 5.41) is 2.68. The minimum absolute atomic E-state index is 0.123. The van der Waals surface area contributed by atoms with Crippen molar-refractivity contribution in [3.63, 3.8) is 0 Å². The number of hydrogen-bond donors (Lipinski definition) is 1. The van der Waals surface area contributed by atoms with Crippen LogP contribution in [0, 0.1) is 6.92 Å². The van der Waals surface area contributed by atoms with Crippen molar-refractivity contribution >= 4 is 11.6 Å². The second-order valence-corrected chi connectivity index (χ2v) is 4.89. The highest BCUT2D eigenvalue weighted by Gasteiger charge is 2.12. The summed E-state index contributed by atoms with van der Waals surface area (Å²) in [6, 6.07) is 7.69. The molecule has 0 unspecified atom stereocenters. The molecule has 0 atom stereocenters. The zero-order valence-corrected chi connectivity index (χ0v) is 14.0. The maximum Gasteiger partial charge on any atom is 0.319 e. The molecule has 0 aliphatic heterocycles. The van der Waals surface area contributed by atoms with Gasteiger partial charge >= 0.3 is 6.01 Å². The number of carbonyl (C=O) groups excluding carboxylic acids is 1. The normalized spacial score (nSPS) is 10.1. The van der Waals surface area contributed by atoms with Gasteiger partial charge in [0.05, 0.1) is 19.4 Å². The molecule has 0 spiro atoms. The number of aryl methyl sites for hydroxylation is 1. The van der Waals surface area contributed by atoms with Gasteiger partial charge in [-0.25, -0.2) is 4.98 Å². The summed E-state index contributed by atoms with van der Waals surface area (Å²) in [5.74, 6) is 0.572. The van der Waals surface area contributed by atoms with E-state index in [1.165, 1.54) is 6.20 Å². The van der Waals surface area contributed by atoms with Gasteiger partial charge in [0.1, 0.15) is 11.4 Å². The van der Waals surface area contributed by atoms with Crippen molar-refractivity contribution in [2.24, 2.45) is 0 Å². The topological polar surface area (TPSA) is 82.6 Å². The van der Waals surface area contributed by atoms with E-state index in [9.17, 15) is 4.79 Å². The van der Waals surface area contributed by atoms with E-state index in [1.54, 1.807) is 6.07 Å². The van der Waals surface area contributed by atoms with Crippen LogP contribution in [0.2, 0.25) is 0 Å². The Balaban J connectivity index is 1.99. The lowest BCUT2D eigenvalue weighted by molar-refractivity contribution is -0.118. The summed E-state index contributed by atoms with van der Waals surface area (Å²) >= 11 is 0. The molecule has 1 N–H and O–H groups in total. The van der Waals surface area contributed by atoms with Gasteiger partial charge in [0.2, 0.25) is 5.88 Å². The number of benzene rings is 1. The van der Waals surface area contributed by atoms with Crippen LogP contribution >= 0.6 is 0 Å². The maximum absolute atomic E-state index is 12.1. The molecule has 7 heteroatoms. The predicted octanol–water partition coefficient (Wildman–Crippen LogP) is 2.60. The lowest BCUT2D eigenvalue weighted by atomic mass is 10.2. The van der Waals surface area contributed by atoms with Gasteiger partial charge in [-0.3, -0.25) is 4.79 Å². The third kappa shape index (κ3) is 5.12. The van der Waals surface area contributed by atoms with Crippen LogP contribution < -0.4 is 19.5 Å². The molecule has 0 aliphatic rings. The van der Waals surface area contributed by atoms with Crippen LogP contribution in [0.3, 0.4) is 0 Å². The fourth-order valence-corrected chi connectivity index (χ4v) is 1.92. The number of nitrogens with zero attached hydrogens (tertiary/aromatic N) is 2.